The van der Waals surface area contributed by atoms with E-state index in [2.05, 4.69) is 0 Å². The molecule has 0 atom stereocenters. The molecule has 0 aromatic heterocycles. The van der Waals surface area contributed by atoms with Gasteiger partial charge in [0.1, 0.15) is 5.75 Å². The number of carbonyl (C=O) groups excluding carboxylic acids is 2. The fourth-order valence-corrected chi connectivity index (χ4v) is 3.44. The van der Waals surface area contributed by atoms with E-state index in [0.717, 1.165) is 22.4 Å². The summed E-state index contributed by atoms with van der Waals surface area (Å²) in [4.78, 5) is 28.8. The average molecular weight is 392 g/mol. The molecular formula is C24H28N2O3. The van der Waals surface area contributed by atoms with Gasteiger partial charge >= 0.3 is 0 Å². The van der Waals surface area contributed by atoms with Gasteiger partial charge in [0.05, 0.1) is 7.11 Å². The lowest BCUT2D eigenvalue weighted by Crippen LogP contribution is -2.50. The zero-order valence-electron chi connectivity index (χ0n) is 17.1. The van der Waals surface area contributed by atoms with Crippen LogP contribution >= 0.6 is 0 Å². The van der Waals surface area contributed by atoms with Gasteiger partial charge in [0.15, 0.2) is 0 Å². The van der Waals surface area contributed by atoms with Crippen molar-refractivity contribution in [3.8, 4) is 5.75 Å². The first-order chi connectivity index (χ1) is 14.1. The first-order valence-electron chi connectivity index (χ1n) is 10.00. The van der Waals surface area contributed by atoms with Crippen LogP contribution in [0.2, 0.25) is 0 Å². The fraction of sp³-hybridized carbons (Fsp3) is 0.333. The number of carbonyl (C=O) groups is 2. The number of aryl methyl sites for hydroxylation is 1. The molecule has 1 aliphatic heterocycles. The summed E-state index contributed by atoms with van der Waals surface area (Å²) in [5, 5.41) is 0. The lowest BCUT2D eigenvalue weighted by molar-refractivity contribution is -0.137. The number of rotatable bonds is 6. The topological polar surface area (TPSA) is 49.9 Å². The number of allylic oxidation sites excluding steroid dienone is 1. The van der Waals surface area contributed by atoms with Gasteiger partial charge < -0.3 is 14.5 Å². The van der Waals surface area contributed by atoms with E-state index in [9.17, 15) is 9.59 Å². The van der Waals surface area contributed by atoms with Crippen LogP contribution in [0.5, 0.6) is 5.75 Å². The summed E-state index contributed by atoms with van der Waals surface area (Å²) in [5.74, 6) is 0.970. The Morgan fingerprint density at radius 2 is 1.55 bits per heavy atom. The Bertz CT molecular complexity index is 851. The van der Waals surface area contributed by atoms with Crippen LogP contribution in [0.15, 0.2) is 60.7 Å². The van der Waals surface area contributed by atoms with Crippen LogP contribution in [-0.4, -0.2) is 54.9 Å². The lowest BCUT2D eigenvalue weighted by atomic mass is 10.1. The number of benzene rings is 2. The van der Waals surface area contributed by atoms with Crippen LogP contribution in [0, 0.1) is 0 Å². The van der Waals surface area contributed by atoms with E-state index in [1.54, 1.807) is 13.2 Å². The summed E-state index contributed by atoms with van der Waals surface area (Å²) < 4.78 is 5.16. The monoisotopic (exact) mass is 392 g/mol. The largest absolute Gasteiger partial charge is 0.497 e. The Labute approximate surface area is 172 Å². The van der Waals surface area contributed by atoms with Crippen molar-refractivity contribution in [2.24, 2.45) is 0 Å². The Balaban J connectivity index is 1.46. The highest BCUT2D eigenvalue weighted by atomic mass is 16.5. The van der Waals surface area contributed by atoms with Crippen molar-refractivity contribution in [3.63, 3.8) is 0 Å². The zero-order chi connectivity index (χ0) is 20.6. The van der Waals surface area contributed by atoms with E-state index in [4.69, 9.17) is 4.74 Å². The molecule has 0 unspecified atom stereocenters. The number of amides is 2. The molecule has 29 heavy (non-hydrogen) atoms. The van der Waals surface area contributed by atoms with Crippen LogP contribution in [0.4, 0.5) is 0 Å². The number of hydrogen-bond donors (Lipinski definition) is 0. The van der Waals surface area contributed by atoms with Gasteiger partial charge in [0.25, 0.3) is 0 Å². The van der Waals surface area contributed by atoms with Gasteiger partial charge in [0, 0.05) is 38.7 Å². The Morgan fingerprint density at radius 1 is 0.931 bits per heavy atom. The highest BCUT2D eigenvalue weighted by Gasteiger charge is 2.23. The van der Waals surface area contributed by atoms with Crippen molar-refractivity contribution >= 4 is 17.4 Å². The van der Waals surface area contributed by atoms with Crippen molar-refractivity contribution in [1.29, 1.82) is 0 Å². The van der Waals surface area contributed by atoms with Crippen LogP contribution in [0.1, 0.15) is 24.5 Å². The SMILES string of the molecule is COc1ccc(CCC(=O)N2CCN(C(=O)/C=C(\C)c3ccccc3)CC2)cc1. The van der Waals surface area contributed by atoms with Crippen molar-refractivity contribution in [1.82, 2.24) is 9.80 Å². The second-order valence-corrected chi connectivity index (χ2v) is 7.25. The second kappa shape index (κ2) is 9.92. The van der Waals surface area contributed by atoms with E-state index in [1.165, 1.54) is 0 Å². The number of methoxy groups -OCH3 is 1. The third kappa shape index (κ3) is 5.70. The van der Waals surface area contributed by atoms with Crippen molar-refractivity contribution in [2.75, 3.05) is 33.3 Å². The van der Waals surface area contributed by atoms with Gasteiger partial charge in [-0.3, -0.25) is 9.59 Å². The summed E-state index contributed by atoms with van der Waals surface area (Å²) >= 11 is 0. The molecule has 1 heterocycles. The van der Waals surface area contributed by atoms with Gasteiger partial charge in [-0.2, -0.15) is 0 Å². The molecule has 1 aliphatic rings. The smallest absolute Gasteiger partial charge is 0.246 e. The highest BCUT2D eigenvalue weighted by molar-refractivity contribution is 5.95. The molecule has 2 aromatic carbocycles. The molecule has 0 bridgehead atoms. The molecule has 0 N–H and O–H groups in total. The summed E-state index contributed by atoms with van der Waals surface area (Å²) in [6, 6.07) is 17.7. The molecule has 2 amide bonds. The van der Waals surface area contributed by atoms with E-state index in [0.29, 0.717) is 39.0 Å². The molecule has 5 heteroatoms. The van der Waals surface area contributed by atoms with Crippen molar-refractivity contribution in [2.45, 2.75) is 19.8 Å². The molecule has 0 spiro atoms. The molecule has 152 valence electrons. The number of piperazine rings is 1. The van der Waals surface area contributed by atoms with E-state index >= 15 is 0 Å². The summed E-state index contributed by atoms with van der Waals surface area (Å²) in [5.41, 5.74) is 3.12. The third-order valence-electron chi connectivity index (χ3n) is 5.30. The average Bonchev–Trinajstić information content (AvgIpc) is 2.78. The van der Waals surface area contributed by atoms with Gasteiger partial charge in [0.2, 0.25) is 11.8 Å². The quantitative estimate of drug-likeness (QED) is 0.708. The zero-order valence-corrected chi connectivity index (χ0v) is 17.1. The normalized spacial score (nSPS) is 14.6. The van der Waals surface area contributed by atoms with E-state index in [-0.39, 0.29) is 11.8 Å². The van der Waals surface area contributed by atoms with E-state index in [1.807, 2.05) is 71.3 Å². The first-order valence-corrected chi connectivity index (χ1v) is 10.00. The first kappa shape index (κ1) is 20.6. The predicted octanol–water partition coefficient (Wildman–Crippen LogP) is 3.40. The minimum atomic E-state index is 0.0108. The Kier molecular flexibility index (Phi) is 7.06. The summed E-state index contributed by atoms with van der Waals surface area (Å²) in [7, 11) is 1.64. The van der Waals surface area contributed by atoms with Gasteiger partial charge in [-0.25, -0.2) is 0 Å². The highest BCUT2D eigenvalue weighted by Crippen LogP contribution is 2.15. The van der Waals surface area contributed by atoms with Gasteiger partial charge in [-0.05, 0) is 42.2 Å². The number of ether oxygens (including phenoxy) is 1. The maximum atomic E-state index is 12.6. The maximum Gasteiger partial charge on any atom is 0.246 e. The molecule has 0 radical (unpaired) electrons. The molecule has 1 fully saturated rings. The molecule has 2 aromatic rings. The maximum absolute atomic E-state index is 12.6. The Morgan fingerprint density at radius 3 is 2.17 bits per heavy atom. The van der Waals surface area contributed by atoms with E-state index < -0.39 is 0 Å². The van der Waals surface area contributed by atoms with Crippen LogP contribution in [-0.2, 0) is 16.0 Å². The molecule has 3 rings (SSSR count). The molecule has 0 aliphatic carbocycles. The second-order valence-electron chi connectivity index (χ2n) is 7.25. The fourth-order valence-electron chi connectivity index (χ4n) is 3.44. The minimum absolute atomic E-state index is 0.0108. The van der Waals surface area contributed by atoms with Crippen LogP contribution in [0.25, 0.3) is 5.57 Å². The molecule has 0 saturated carbocycles. The van der Waals surface area contributed by atoms with Crippen molar-refractivity contribution < 1.29 is 14.3 Å². The standard InChI is InChI=1S/C24H28N2O3/c1-19(21-6-4-3-5-7-21)18-24(28)26-16-14-25(15-17-26)23(27)13-10-20-8-11-22(29-2)12-9-20/h3-9,11-12,18H,10,13-17H2,1-2H3/b19-18+. The lowest BCUT2D eigenvalue weighted by Gasteiger charge is -2.34. The molecule has 5 nitrogen and oxygen atoms in total. The number of hydrogen-bond acceptors (Lipinski definition) is 3. The van der Waals surface area contributed by atoms with Gasteiger partial charge in [-0.1, -0.05) is 42.5 Å². The summed E-state index contributed by atoms with van der Waals surface area (Å²) in [6.45, 7) is 4.28. The van der Waals surface area contributed by atoms with Gasteiger partial charge in [-0.15, -0.1) is 0 Å². The molecule has 1 saturated heterocycles. The van der Waals surface area contributed by atoms with Crippen LogP contribution in [0.3, 0.4) is 0 Å². The Hall–Kier alpha value is -3.08. The third-order valence-corrected chi connectivity index (χ3v) is 5.30. The van der Waals surface area contributed by atoms with Crippen LogP contribution < -0.4 is 4.74 Å². The van der Waals surface area contributed by atoms with Crippen molar-refractivity contribution in [3.05, 3.63) is 71.8 Å². The number of nitrogens with zero attached hydrogens (tertiary/aromatic N) is 2. The summed E-state index contributed by atoms with van der Waals surface area (Å²) in [6.07, 6.45) is 2.88. The molecular weight excluding hydrogens is 364 g/mol. The minimum Gasteiger partial charge on any atom is -0.497 e. The predicted molar refractivity (Wildman–Crippen MR) is 115 cm³/mol.